The van der Waals surface area contributed by atoms with Crippen LogP contribution in [0.3, 0.4) is 0 Å². The normalized spacial score (nSPS) is 11.2. The molecule has 0 saturated heterocycles. The highest BCUT2D eigenvalue weighted by molar-refractivity contribution is 5.69. The molecule has 0 aliphatic carbocycles. The van der Waals surface area contributed by atoms with Gasteiger partial charge >= 0.3 is 0 Å². The summed E-state index contributed by atoms with van der Waals surface area (Å²) >= 11 is 0. The van der Waals surface area contributed by atoms with E-state index < -0.39 is 68.5 Å². The highest BCUT2D eigenvalue weighted by Gasteiger charge is 2.31. The molecule has 0 nitrogen and oxygen atoms in total. The monoisotopic (exact) mass is 322 g/mol. The molecule has 0 unspecified atom stereocenters. The van der Waals surface area contributed by atoms with E-state index in [2.05, 4.69) is 0 Å². The molecule has 7 heteroatoms. The lowest BCUT2D eigenvalue weighted by molar-refractivity contribution is 0.444. The molecule has 2 rings (SSSR count). The van der Waals surface area contributed by atoms with Gasteiger partial charge in [0.2, 0.25) is 0 Å². The van der Waals surface area contributed by atoms with Gasteiger partial charge < -0.3 is 0 Å². The van der Waals surface area contributed by atoms with Crippen LogP contribution in [0.25, 0.3) is 11.1 Å². The average Bonchev–Trinajstić information content (AvgIpc) is 2.50. The van der Waals surface area contributed by atoms with Gasteiger partial charge in [-0.3, -0.25) is 0 Å². The van der Waals surface area contributed by atoms with Crippen LogP contribution in [0.2, 0.25) is 0 Å². The van der Waals surface area contributed by atoms with E-state index in [1.165, 1.54) is 0 Å². The van der Waals surface area contributed by atoms with Crippen LogP contribution in [0.1, 0.15) is 16.7 Å². The second-order valence-electron chi connectivity index (χ2n) is 4.82. The summed E-state index contributed by atoms with van der Waals surface area (Å²) in [6, 6.07) is 0. The van der Waals surface area contributed by atoms with Gasteiger partial charge in [-0.1, -0.05) is 0 Å². The van der Waals surface area contributed by atoms with Crippen LogP contribution in [0.15, 0.2) is 0 Å². The van der Waals surface area contributed by atoms with Gasteiger partial charge in [-0.05, 0) is 31.9 Å². The number of rotatable bonds is 1. The van der Waals surface area contributed by atoms with Crippen molar-refractivity contribution in [1.29, 1.82) is 0 Å². The molecule has 0 spiro atoms. The number of hydrogen-bond donors (Lipinski definition) is 0. The van der Waals surface area contributed by atoms with Gasteiger partial charge in [-0.15, -0.1) is 0 Å². The summed E-state index contributed by atoms with van der Waals surface area (Å²) in [7, 11) is 0. The van der Waals surface area contributed by atoms with Crippen molar-refractivity contribution in [3.63, 3.8) is 0 Å². The Morgan fingerprint density at radius 3 is 1.05 bits per heavy atom. The molecule has 2 aromatic carbocycles. The third kappa shape index (κ3) is 2.07. The SMILES string of the molecule is Cc1c(C)c(F)c(-c2c(F)c(F)c(C)c(F)c2F)c(F)c1F. The lowest BCUT2D eigenvalue weighted by atomic mass is 9.95. The standard InChI is InChI=1S/C15H9F7/c1-4-5(2)10(17)13(20)7(9(4)16)8-14(21)11(18)6(3)12(19)15(8)22/h1-3H3. The minimum atomic E-state index is -1.99. The van der Waals surface area contributed by atoms with Crippen molar-refractivity contribution in [2.75, 3.05) is 0 Å². The lowest BCUT2D eigenvalue weighted by Crippen LogP contribution is -2.08. The zero-order valence-electron chi connectivity index (χ0n) is 11.6. The van der Waals surface area contributed by atoms with Crippen LogP contribution in [0, 0.1) is 61.5 Å². The maximum atomic E-state index is 14.1. The molecule has 22 heavy (non-hydrogen) atoms. The molecule has 0 aliphatic rings. The van der Waals surface area contributed by atoms with E-state index in [0.717, 1.165) is 20.8 Å². The second-order valence-corrected chi connectivity index (χ2v) is 4.82. The van der Waals surface area contributed by atoms with Crippen molar-refractivity contribution in [3.05, 3.63) is 57.4 Å². The molecule has 0 atom stereocenters. The molecule has 0 N–H and O–H groups in total. The molecule has 0 aromatic heterocycles. The van der Waals surface area contributed by atoms with Crippen LogP contribution < -0.4 is 0 Å². The number of benzene rings is 2. The van der Waals surface area contributed by atoms with E-state index in [9.17, 15) is 30.7 Å². The summed E-state index contributed by atoms with van der Waals surface area (Å²) in [6.07, 6.45) is 0. The van der Waals surface area contributed by atoms with Gasteiger partial charge in [0.1, 0.15) is 5.82 Å². The molecule has 0 radical (unpaired) electrons. The van der Waals surface area contributed by atoms with Gasteiger partial charge in [0.25, 0.3) is 0 Å². The molecule has 0 heterocycles. The zero-order valence-corrected chi connectivity index (χ0v) is 11.6. The first-order valence-corrected chi connectivity index (χ1v) is 6.07. The Labute approximate surface area is 121 Å². The fourth-order valence-electron chi connectivity index (χ4n) is 2.07. The fourth-order valence-corrected chi connectivity index (χ4v) is 2.07. The van der Waals surface area contributed by atoms with E-state index in [1.807, 2.05) is 0 Å². The summed E-state index contributed by atoms with van der Waals surface area (Å²) in [5.74, 6) is -12.5. The zero-order chi connectivity index (χ0) is 16.9. The smallest absolute Gasteiger partial charge is 0.170 e. The van der Waals surface area contributed by atoms with Gasteiger partial charge in [0, 0.05) is 5.56 Å². The first-order valence-electron chi connectivity index (χ1n) is 6.07. The highest BCUT2D eigenvalue weighted by Crippen LogP contribution is 2.37. The van der Waals surface area contributed by atoms with Crippen LogP contribution >= 0.6 is 0 Å². The van der Waals surface area contributed by atoms with E-state index in [-0.39, 0.29) is 0 Å². The van der Waals surface area contributed by atoms with Crippen LogP contribution in [0.4, 0.5) is 30.7 Å². The summed E-state index contributed by atoms with van der Waals surface area (Å²) in [5, 5.41) is 0. The quantitative estimate of drug-likeness (QED) is 0.497. The molecule has 0 saturated carbocycles. The minimum absolute atomic E-state index is 0.410. The van der Waals surface area contributed by atoms with Crippen molar-refractivity contribution in [2.45, 2.75) is 20.8 Å². The van der Waals surface area contributed by atoms with Crippen molar-refractivity contribution in [2.24, 2.45) is 0 Å². The van der Waals surface area contributed by atoms with Gasteiger partial charge in [-0.2, -0.15) is 0 Å². The molecule has 118 valence electrons. The third-order valence-corrected chi connectivity index (χ3v) is 3.59. The maximum absolute atomic E-state index is 14.1. The maximum Gasteiger partial charge on any atom is 0.170 e. The largest absolute Gasteiger partial charge is 0.206 e. The summed E-state index contributed by atoms with van der Waals surface area (Å²) in [4.78, 5) is 0. The lowest BCUT2D eigenvalue weighted by Gasteiger charge is -2.15. The van der Waals surface area contributed by atoms with Gasteiger partial charge in [0.15, 0.2) is 34.9 Å². The van der Waals surface area contributed by atoms with Crippen molar-refractivity contribution in [3.8, 4) is 11.1 Å². The predicted octanol–water partition coefficient (Wildman–Crippen LogP) is 5.25. The fraction of sp³-hybridized carbons (Fsp3) is 0.200. The Bertz CT molecular complexity index is 668. The number of halogens is 7. The molecular weight excluding hydrogens is 313 g/mol. The highest BCUT2D eigenvalue weighted by atomic mass is 19.2. The minimum Gasteiger partial charge on any atom is -0.206 e. The van der Waals surface area contributed by atoms with Crippen LogP contribution in [-0.4, -0.2) is 0 Å². The van der Waals surface area contributed by atoms with Gasteiger partial charge in [0.05, 0.1) is 11.1 Å². The average molecular weight is 322 g/mol. The number of hydrogen-bond acceptors (Lipinski definition) is 0. The summed E-state index contributed by atoms with van der Waals surface area (Å²) in [6.45, 7) is 2.87. The Kier molecular flexibility index (Phi) is 3.93. The Hall–Kier alpha value is -2.05. The molecule has 0 bridgehead atoms. The summed E-state index contributed by atoms with van der Waals surface area (Å²) in [5.41, 5.74) is -4.91. The molecule has 0 amide bonds. The van der Waals surface area contributed by atoms with E-state index in [0.29, 0.717) is 0 Å². The predicted molar refractivity (Wildman–Crippen MR) is 65.8 cm³/mol. The van der Waals surface area contributed by atoms with E-state index in [1.54, 1.807) is 0 Å². The Balaban J connectivity index is 3.03. The van der Waals surface area contributed by atoms with Crippen molar-refractivity contribution >= 4 is 0 Å². The third-order valence-electron chi connectivity index (χ3n) is 3.59. The summed E-state index contributed by atoms with van der Waals surface area (Å²) < 4.78 is 96.6. The topological polar surface area (TPSA) is 0 Å². The van der Waals surface area contributed by atoms with Crippen molar-refractivity contribution < 1.29 is 30.7 Å². The van der Waals surface area contributed by atoms with E-state index >= 15 is 0 Å². The Morgan fingerprint density at radius 1 is 0.364 bits per heavy atom. The Morgan fingerprint density at radius 2 is 0.636 bits per heavy atom. The molecule has 0 fully saturated rings. The van der Waals surface area contributed by atoms with Crippen molar-refractivity contribution in [1.82, 2.24) is 0 Å². The second kappa shape index (κ2) is 5.30. The van der Waals surface area contributed by atoms with Gasteiger partial charge in [-0.25, -0.2) is 30.7 Å². The first kappa shape index (κ1) is 16.3. The molecule has 2 aromatic rings. The van der Waals surface area contributed by atoms with Crippen LogP contribution in [-0.2, 0) is 0 Å². The molecular formula is C15H9F7. The molecule has 0 aliphatic heterocycles. The van der Waals surface area contributed by atoms with E-state index in [4.69, 9.17) is 0 Å². The first-order chi connectivity index (χ1) is 10.1. The van der Waals surface area contributed by atoms with Crippen LogP contribution in [0.5, 0.6) is 0 Å².